The standard InChI is InChI=1S/C13H22ClN3O2S/c1-5-13(8-6-7-9-13)10-15-16-11(20(14,18)19)17(10)12(2,3)4/h5-9H2,1-4H3. The molecule has 0 unspecified atom stereocenters. The third-order valence-corrected chi connectivity index (χ3v) is 5.35. The summed E-state index contributed by atoms with van der Waals surface area (Å²) in [7, 11) is 1.63. The van der Waals surface area contributed by atoms with E-state index in [2.05, 4.69) is 17.1 Å². The van der Waals surface area contributed by atoms with Crippen LogP contribution in [0.15, 0.2) is 5.16 Å². The highest BCUT2D eigenvalue weighted by atomic mass is 35.7. The summed E-state index contributed by atoms with van der Waals surface area (Å²) in [5, 5.41) is 7.97. The van der Waals surface area contributed by atoms with Gasteiger partial charge in [-0.25, -0.2) is 8.42 Å². The van der Waals surface area contributed by atoms with E-state index in [1.165, 1.54) is 0 Å². The van der Waals surface area contributed by atoms with E-state index in [4.69, 9.17) is 10.7 Å². The van der Waals surface area contributed by atoms with Crippen LogP contribution in [0.25, 0.3) is 0 Å². The Bertz CT molecular complexity index is 596. The van der Waals surface area contributed by atoms with Crippen molar-refractivity contribution in [3.8, 4) is 0 Å². The normalized spacial score (nSPS) is 19.4. The number of hydrogen-bond donors (Lipinski definition) is 0. The van der Waals surface area contributed by atoms with Gasteiger partial charge in [0, 0.05) is 21.6 Å². The lowest BCUT2D eigenvalue weighted by molar-refractivity contribution is 0.298. The maximum Gasteiger partial charge on any atom is 0.296 e. The van der Waals surface area contributed by atoms with Gasteiger partial charge >= 0.3 is 0 Å². The predicted octanol–water partition coefficient (Wildman–Crippen LogP) is 3.18. The highest BCUT2D eigenvalue weighted by molar-refractivity contribution is 8.13. The SMILES string of the molecule is CCC1(c2nnc(S(=O)(=O)Cl)n2C(C)(C)C)CCCC1. The van der Waals surface area contributed by atoms with Gasteiger partial charge in [-0.1, -0.05) is 19.8 Å². The van der Waals surface area contributed by atoms with Gasteiger partial charge in [0.05, 0.1) is 0 Å². The number of rotatable bonds is 3. The third kappa shape index (κ3) is 2.60. The number of nitrogens with zero attached hydrogens (tertiary/aromatic N) is 3. The second-order valence-electron chi connectivity index (χ2n) is 6.59. The summed E-state index contributed by atoms with van der Waals surface area (Å²) in [6.07, 6.45) is 5.28. The van der Waals surface area contributed by atoms with Crippen LogP contribution in [0.1, 0.15) is 65.6 Å². The second kappa shape index (κ2) is 4.98. The molecular formula is C13H22ClN3O2S. The van der Waals surface area contributed by atoms with Gasteiger partial charge < -0.3 is 0 Å². The first-order chi connectivity index (χ1) is 9.12. The average Bonchev–Trinajstić information content (AvgIpc) is 2.94. The smallest absolute Gasteiger partial charge is 0.295 e. The van der Waals surface area contributed by atoms with E-state index >= 15 is 0 Å². The quantitative estimate of drug-likeness (QED) is 0.803. The molecule has 7 heteroatoms. The fourth-order valence-corrected chi connectivity index (χ4v) is 4.18. The Balaban J connectivity index is 2.69. The van der Waals surface area contributed by atoms with Crippen molar-refractivity contribution in [1.82, 2.24) is 14.8 Å². The van der Waals surface area contributed by atoms with Crippen molar-refractivity contribution in [1.29, 1.82) is 0 Å². The maximum absolute atomic E-state index is 11.8. The van der Waals surface area contributed by atoms with Crippen molar-refractivity contribution in [2.75, 3.05) is 0 Å². The van der Waals surface area contributed by atoms with Gasteiger partial charge in [-0.3, -0.25) is 4.57 Å². The molecular weight excluding hydrogens is 298 g/mol. The predicted molar refractivity (Wildman–Crippen MR) is 78.5 cm³/mol. The molecule has 1 saturated carbocycles. The Morgan fingerprint density at radius 2 is 1.80 bits per heavy atom. The molecule has 0 radical (unpaired) electrons. The molecule has 1 aromatic heterocycles. The van der Waals surface area contributed by atoms with Gasteiger partial charge in [0.2, 0.25) is 0 Å². The fourth-order valence-electron chi connectivity index (χ4n) is 3.16. The second-order valence-corrected chi connectivity index (χ2v) is 9.05. The molecule has 0 aromatic carbocycles. The van der Waals surface area contributed by atoms with Crippen molar-refractivity contribution >= 4 is 19.7 Å². The van der Waals surface area contributed by atoms with Crippen molar-refractivity contribution < 1.29 is 8.42 Å². The van der Waals surface area contributed by atoms with Gasteiger partial charge in [0.25, 0.3) is 14.2 Å². The van der Waals surface area contributed by atoms with Crippen molar-refractivity contribution in [2.24, 2.45) is 0 Å². The van der Waals surface area contributed by atoms with E-state index < -0.39 is 14.6 Å². The molecule has 0 saturated heterocycles. The Labute approximate surface area is 125 Å². The zero-order valence-corrected chi connectivity index (χ0v) is 14.1. The molecule has 0 amide bonds. The van der Waals surface area contributed by atoms with E-state index in [1.54, 1.807) is 4.57 Å². The number of aromatic nitrogens is 3. The highest BCUT2D eigenvalue weighted by Gasteiger charge is 2.42. The number of halogens is 1. The molecule has 1 heterocycles. The minimum Gasteiger partial charge on any atom is -0.295 e. The van der Waals surface area contributed by atoms with Crippen molar-refractivity contribution in [2.45, 2.75) is 75.9 Å². The van der Waals surface area contributed by atoms with Crippen LogP contribution >= 0.6 is 10.7 Å². The molecule has 2 rings (SSSR count). The van der Waals surface area contributed by atoms with Crippen LogP contribution in [-0.2, 0) is 20.0 Å². The molecule has 114 valence electrons. The lowest BCUT2D eigenvalue weighted by Gasteiger charge is -2.32. The minimum absolute atomic E-state index is 0.0693. The maximum atomic E-state index is 11.8. The van der Waals surface area contributed by atoms with E-state index in [9.17, 15) is 8.42 Å². The Kier molecular flexibility index (Phi) is 3.93. The van der Waals surface area contributed by atoms with E-state index in [0.717, 1.165) is 37.9 Å². The molecule has 1 fully saturated rings. The lowest BCUT2D eigenvalue weighted by atomic mass is 9.82. The molecule has 5 nitrogen and oxygen atoms in total. The zero-order chi connectivity index (χ0) is 15.2. The molecule has 1 aliphatic carbocycles. The first-order valence-corrected chi connectivity index (χ1v) is 9.34. The van der Waals surface area contributed by atoms with Crippen LogP contribution in [0.5, 0.6) is 0 Å². The molecule has 20 heavy (non-hydrogen) atoms. The lowest BCUT2D eigenvalue weighted by Crippen LogP contribution is -2.34. The van der Waals surface area contributed by atoms with Crippen molar-refractivity contribution in [3.63, 3.8) is 0 Å². The van der Waals surface area contributed by atoms with Crippen LogP contribution < -0.4 is 0 Å². The van der Waals surface area contributed by atoms with E-state index in [1.807, 2.05) is 20.8 Å². The van der Waals surface area contributed by atoms with Crippen LogP contribution in [0.4, 0.5) is 0 Å². The third-order valence-electron chi connectivity index (χ3n) is 4.23. The topological polar surface area (TPSA) is 64.8 Å². The monoisotopic (exact) mass is 319 g/mol. The molecule has 0 atom stereocenters. The Morgan fingerprint density at radius 3 is 2.20 bits per heavy atom. The van der Waals surface area contributed by atoms with Gasteiger partial charge in [-0.2, -0.15) is 0 Å². The molecule has 0 N–H and O–H groups in total. The molecule has 0 bridgehead atoms. The van der Waals surface area contributed by atoms with Gasteiger partial charge in [-0.05, 0) is 40.0 Å². The number of hydrogen-bond acceptors (Lipinski definition) is 4. The Hall–Kier alpha value is -0.620. The fraction of sp³-hybridized carbons (Fsp3) is 0.846. The summed E-state index contributed by atoms with van der Waals surface area (Å²) in [6, 6.07) is 0. The summed E-state index contributed by atoms with van der Waals surface area (Å²) in [5.74, 6) is 0.768. The van der Waals surface area contributed by atoms with Crippen LogP contribution in [0, 0.1) is 0 Å². The average molecular weight is 320 g/mol. The first-order valence-electron chi connectivity index (χ1n) is 7.03. The molecule has 1 aromatic rings. The molecule has 1 aliphatic rings. The first kappa shape index (κ1) is 15.8. The minimum atomic E-state index is -3.90. The van der Waals surface area contributed by atoms with Gasteiger partial charge in [-0.15, -0.1) is 10.2 Å². The van der Waals surface area contributed by atoms with E-state index in [0.29, 0.717) is 0 Å². The summed E-state index contributed by atoms with van der Waals surface area (Å²) in [5.41, 5.74) is -0.499. The van der Waals surface area contributed by atoms with Gasteiger partial charge in [0.15, 0.2) is 0 Å². The van der Waals surface area contributed by atoms with Crippen LogP contribution in [0.2, 0.25) is 0 Å². The summed E-state index contributed by atoms with van der Waals surface area (Å²) >= 11 is 0. The molecule has 0 spiro atoms. The summed E-state index contributed by atoms with van der Waals surface area (Å²) < 4.78 is 25.2. The highest BCUT2D eigenvalue weighted by Crippen LogP contribution is 2.44. The Morgan fingerprint density at radius 1 is 1.25 bits per heavy atom. The molecule has 0 aliphatic heterocycles. The van der Waals surface area contributed by atoms with Crippen molar-refractivity contribution in [3.05, 3.63) is 5.82 Å². The van der Waals surface area contributed by atoms with E-state index in [-0.39, 0.29) is 10.6 Å². The van der Waals surface area contributed by atoms with Crippen LogP contribution in [-0.4, -0.2) is 23.2 Å². The largest absolute Gasteiger partial charge is 0.296 e. The zero-order valence-electron chi connectivity index (χ0n) is 12.5. The summed E-state index contributed by atoms with van der Waals surface area (Å²) in [4.78, 5) is 0. The summed E-state index contributed by atoms with van der Waals surface area (Å²) in [6.45, 7) is 7.97. The van der Waals surface area contributed by atoms with Crippen LogP contribution in [0.3, 0.4) is 0 Å². The van der Waals surface area contributed by atoms with Gasteiger partial charge in [0.1, 0.15) is 5.82 Å².